The molecule has 7 heteroatoms. The van der Waals surface area contributed by atoms with E-state index in [-0.39, 0.29) is 24.4 Å². The number of nitrogens with one attached hydrogen (secondary N) is 2. The zero-order chi connectivity index (χ0) is 21.1. The van der Waals surface area contributed by atoms with Crippen LogP contribution in [-0.4, -0.2) is 46.8 Å². The SMILES string of the molecule is CNc1cc(C[C@@H](NC(=O)CN2CCCC2=O)c2cccc(C)c2)nc(C2CC2)n1. The van der Waals surface area contributed by atoms with Gasteiger partial charge in [0.2, 0.25) is 11.8 Å². The third kappa shape index (κ3) is 4.96. The standard InChI is InChI=1S/C23H29N5O2/c1-15-5-3-6-17(11-15)19(26-21(29)14-28-10-4-7-22(28)30)12-18-13-20(24-2)27-23(25-18)16-8-9-16/h3,5-6,11,13,16,19H,4,7-10,12,14H2,1-2H3,(H,26,29)(H,24,25,27)/t19-/m1/s1. The summed E-state index contributed by atoms with van der Waals surface area (Å²) < 4.78 is 0. The van der Waals surface area contributed by atoms with Gasteiger partial charge >= 0.3 is 0 Å². The first-order valence-electron chi connectivity index (χ1n) is 10.7. The second kappa shape index (κ2) is 8.81. The summed E-state index contributed by atoms with van der Waals surface area (Å²) in [6.07, 6.45) is 4.19. The van der Waals surface area contributed by atoms with E-state index >= 15 is 0 Å². The van der Waals surface area contributed by atoms with Crippen LogP contribution < -0.4 is 10.6 Å². The number of hydrogen-bond donors (Lipinski definition) is 2. The van der Waals surface area contributed by atoms with Crippen LogP contribution in [0.15, 0.2) is 30.3 Å². The molecule has 0 radical (unpaired) electrons. The zero-order valence-electron chi connectivity index (χ0n) is 17.6. The average Bonchev–Trinajstić information content (AvgIpc) is 3.51. The number of carbonyl (C=O) groups excluding carboxylic acids is 2. The molecule has 1 atom stereocenters. The lowest BCUT2D eigenvalue weighted by Gasteiger charge is -2.22. The van der Waals surface area contributed by atoms with Gasteiger partial charge in [-0.05, 0) is 31.7 Å². The predicted octanol–water partition coefficient (Wildman–Crippen LogP) is 2.73. The molecule has 2 fully saturated rings. The fourth-order valence-electron chi connectivity index (χ4n) is 3.91. The Kier molecular flexibility index (Phi) is 5.97. The molecule has 1 aromatic carbocycles. The molecule has 0 unspecified atom stereocenters. The molecule has 2 N–H and O–H groups in total. The van der Waals surface area contributed by atoms with E-state index in [2.05, 4.69) is 21.7 Å². The molecule has 1 aromatic heterocycles. The number of likely N-dealkylation sites (tertiary alicyclic amines) is 1. The number of nitrogens with zero attached hydrogens (tertiary/aromatic N) is 3. The summed E-state index contributed by atoms with van der Waals surface area (Å²) >= 11 is 0. The summed E-state index contributed by atoms with van der Waals surface area (Å²) in [5.41, 5.74) is 3.08. The van der Waals surface area contributed by atoms with E-state index in [1.165, 1.54) is 0 Å². The van der Waals surface area contributed by atoms with Gasteiger partial charge in [-0.3, -0.25) is 9.59 Å². The van der Waals surface area contributed by atoms with Gasteiger partial charge in [0.15, 0.2) is 0 Å². The molecule has 158 valence electrons. The molecule has 0 bridgehead atoms. The maximum absolute atomic E-state index is 12.8. The van der Waals surface area contributed by atoms with Gasteiger partial charge in [0.1, 0.15) is 11.6 Å². The molecule has 2 heterocycles. The smallest absolute Gasteiger partial charge is 0.240 e. The summed E-state index contributed by atoms with van der Waals surface area (Å²) in [5.74, 6) is 2.06. The number of amides is 2. The molecular weight excluding hydrogens is 378 g/mol. The highest BCUT2D eigenvalue weighted by Gasteiger charge is 2.28. The topological polar surface area (TPSA) is 87.2 Å². The lowest BCUT2D eigenvalue weighted by Crippen LogP contribution is -2.40. The first-order valence-corrected chi connectivity index (χ1v) is 10.7. The number of hydrogen-bond acceptors (Lipinski definition) is 5. The molecule has 1 aliphatic carbocycles. The Labute approximate surface area is 177 Å². The number of carbonyl (C=O) groups is 2. The van der Waals surface area contributed by atoms with E-state index in [9.17, 15) is 9.59 Å². The van der Waals surface area contributed by atoms with Gasteiger partial charge in [-0.2, -0.15) is 0 Å². The van der Waals surface area contributed by atoms with Gasteiger partial charge in [0.05, 0.1) is 12.6 Å². The molecule has 1 saturated carbocycles. The fraction of sp³-hybridized carbons (Fsp3) is 0.478. The maximum atomic E-state index is 12.8. The van der Waals surface area contributed by atoms with Gasteiger partial charge in [-0.25, -0.2) is 9.97 Å². The van der Waals surface area contributed by atoms with E-state index in [0.29, 0.717) is 25.3 Å². The van der Waals surface area contributed by atoms with Crippen molar-refractivity contribution >= 4 is 17.6 Å². The minimum atomic E-state index is -0.221. The van der Waals surface area contributed by atoms with E-state index in [4.69, 9.17) is 4.98 Å². The first kappa shape index (κ1) is 20.3. The molecule has 7 nitrogen and oxygen atoms in total. The van der Waals surface area contributed by atoms with E-state index in [1.807, 2.05) is 38.2 Å². The van der Waals surface area contributed by atoms with Gasteiger partial charge in [-0.15, -0.1) is 0 Å². The summed E-state index contributed by atoms with van der Waals surface area (Å²) in [7, 11) is 1.86. The Balaban J connectivity index is 1.55. The number of aromatic nitrogens is 2. The molecule has 2 aromatic rings. The van der Waals surface area contributed by atoms with Crippen molar-refractivity contribution in [2.24, 2.45) is 0 Å². The van der Waals surface area contributed by atoms with Crippen LogP contribution in [0.4, 0.5) is 5.82 Å². The lowest BCUT2D eigenvalue weighted by molar-refractivity contribution is -0.133. The second-order valence-electron chi connectivity index (χ2n) is 8.28. The van der Waals surface area contributed by atoms with E-state index < -0.39 is 0 Å². The highest BCUT2D eigenvalue weighted by Crippen LogP contribution is 2.38. The highest BCUT2D eigenvalue weighted by atomic mass is 16.2. The monoisotopic (exact) mass is 407 g/mol. The van der Waals surface area contributed by atoms with Crippen LogP contribution in [0.1, 0.15) is 60.3 Å². The Bertz CT molecular complexity index is 941. The van der Waals surface area contributed by atoms with E-state index in [1.54, 1.807) is 4.90 Å². The summed E-state index contributed by atoms with van der Waals surface area (Å²) in [6.45, 7) is 2.81. The van der Waals surface area contributed by atoms with Crippen molar-refractivity contribution in [3.63, 3.8) is 0 Å². The molecule has 1 aliphatic heterocycles. The molecule has 30 heavy (non-hydrogen) atoms. The van der Waals surface area contributed by atoms with Crippen molar-refractivity contribution in [2.45, 2.75) is 51.0 Å². The van der Waals surface area contributed by atoms with Crippen LogP contribution in [0.5, 0.6) is 0 Å². The normalized spacial score (nSPS) is 17.1. The number of anilines is 1. The quantitative estimate of drug-likeness (QED) is 0.703. The number of rotatable bonds is 8. The predicted molar refractivity (Wildman–Crippen MR) is 115 cm³/mol. The van der Waals surface area contributed by atoms with E-state index in [0.717, 1.165) is 47.7 Å². The Hall–Kier alpha value is -2.96. The Morgan fingerprint density at radius 2 is 2.10 bits per heavy atom. The Morgan fingerprint density at radius 1 is 1.27 bits per heavy atom. The first-order chi connectivity index (χ1) is 14.5. The van der Waals surface area contributed by atoms with Crippen LogP contribution in [0.2, 0.25) is 0 Å². The van der Waals surface area contributed by atoms with Crippen molar-refractivity contribution in [1.29, 1.82) is 0 Å². The minimum Gasteiger partial charge on any atom is -0.373 e. The van der Waals surface area contributed by atoms with Crippen molar-refractivity contribution in [2.75, 3.05) is 25.5 Å². The molecule has 2 aliphatic rings. The van der Waals surface area contributed by atoms with Crippen LogP contribution >= 0.6 is 0 Å². The van der Waals surface area contributed by atoms with Gasteiger partial charge in [-0.1, -0.05) is 29.8 Å². The van der Waals surface area contributed by atoms with Crippen LogP contribution in [-0.2, 0) is 16.0 Å². The van der Waals surface area contributed by atoms with Crippen LogP contribution in [0, 0.1) is 6.92 Å². The highest BCUT2D eigenvalue weighted by molar-refractivity contribution is 5.86. The van der Waals surface area contributed by atoms with Crippen molar-refractivity contribution in [3.8, 4) is 0 Å². The molecule has 1 saturated heterocycles. The second-order valence-corrected chi connectivity index (χ2v) is 8.28. The molecule has 0 spiro atoms. The number of benzene rings is 1. The third-order valence-electron chi connectivity index (χ3n) is 5.69. The summed E-state index contributed by atoms with van der Waals surface area (Å²) in [6, 6.07) is 9.89. The van der Waals surface area contributed by atoms with Crippen molar-refractivity contribution in [3.05, 3.63) is 53.0 Å². The zero-order valence-corrected chi connectivity index (χ0v) is 17.6. The van der Waals surface area contributed by atoms with Crippen molar-refractivity contribution in [1.82, 2.24) is 20.2 Å². The van der Waals surface area contributed by atoms with Gasteiger partial charge < -0.3 is 15.5 Å². The van der Waals surface area contributed by atoms with Crippen LogP contribution in [0.3, 0.4) is 0 Å². The molecule has 4 rings (SSSR count). The fourth-order valence-corrected chi connectivity index (χ4v) is 3.91. The maximum Gasteiger partial charge on any atom is 0.240 e. The lowest BCUT2D eigenvalue weighted by atomic mass is 9.99. The largest absolute Gasteiger partial charge is 0.373 e. The van der Waals surface area contributed by atoms with Crippen molar-refractivity contribution < 1.29 is 9.59 Å². The average molecular weight is 408 g/mol. The summed E-state index contributed by atoms with van der Waals surface area (Å²) in [5, 5.41) is 6.27. The summed E-state index contributed by atoms with van der Waals surface area (Å²) in [4.78, 5) is 35.7. The minimum absolute atomic E-state index is 0.0563. The Morgan fingerprint density at radius 3 is 2.77 bits per heavy atom. The third-order valence-corrected chi connectivity index (χ3v) is 5.69. The number of aryl methyl sites for hydroxylation is 1. The van der Waals surface area contributed by atoms with Gasteiger partial charge in [0, 0.05) is 44.1 Å². The van der Waals surface area contributed by atoms with Gasteiger partial charge in [0.25, 0.3) is 0 Å². The van der Waals surface area contributed by atoms with Crippen LogP contribution in [0.25, 0.3) is 0 Å². The molecular formula is C23H29N5O2. The molecule has 2 amide bonds.